The maximum absolute atomic E-state index is 12.2. The van der Waals surface area contributed by atoms with Crippen LogP contribution in [0.2, 0.25) is 0 Å². The second kappa shape index (κ2) is 7.45. The minimum absolute atomic E-state index is 0.0798. The molecule has 1 aromatic rings. The van der Waals surface area contributed by atoms with E-state index in [9.17, 15) is 9.59 Å². The molecule has 1 heterocycles. The summed E-state index contributed by atoms with van der Waals surface area (Å²) in [5.74, 6) is -0.835. The zero-order valence-corrected chi connectivity index (χ0v) is 13.3. The molecule has 21 heavy (non-hydrogen) atoms. The van der Waals surface area contributed by atoms with Gasteiger partial charge in [0, 0.05) is 24.0 Å². The first-order chi connectivity index (χ1) is 10.1. The quantitative estimate of drug-likeness (QED) is 0.798. The third-order valence-corrected chi connectivity index (χ3v) is 4.14. The monoisotopic (exact) mass is 354 g/mol. The molecule has 2 N–H and O–H groups in total. The zero-order valence-electron chi connectivity index (χ0n) is 11.7. The summed E-state index contributed by atoms with van der Waals surface area (Å²) in [5.41, 5.74) is 1.14. The average molecular weight is 355 g/mol. The smallest absolute Gasteiger partial charge is 0.317 e. The number of nitrogens with zero attached hydrogens (tertiary/aromatic N) is 1. The van der Waals surface area contributed by atoms with Crippen LogP contribution in [-0.4, -0.2) is 35.1 Å². The van der Waals surface area contributed by atoms with Gasteiger partial charge in [-0.25, -0.2) is 4.79 Å². The Morgan fingerprint density at radius 1 is 1.33 bits per heavy atom. The number of carbonyl (C=O) groups excluding carboxylic acids is 1. The Hall–Kier alpha value is -1.56. The van der Waals surface area contributed by atoms with Gasteiger partial charge in [-0.1, -0.05) is 28.1 Å². The number of benzene rings is 1. The minimum Gasteiger partial charge on any atom is -0.481 e. The van der Waals surface area contributed by atoms with E-state index < -0.39 is 5.97 Å². The van der Waals surface area contributed by atoms with Gasteiger partial charge in [-0.2, -0.15) is 0 Å². The standard InChI is InChI=1S/C15H19BrN2O3/c16-12-7-5-11(6-8-12)13-3-2-10-18(13)15(21)17-9-1-4-14(19)20/h5-8,13H,1-4,9-10H2,(H,17,21)(H,19,20). The third kappa shape index (κ3) is 4.46. The molecule has 1 aliphatic rings. The zero-order chi connectivity index (χ0) is 15.2. The summed E-state index contributed by atoms with van der Waals surface area (Å²) in [6.45, 7) is 1.14. The number of carbonyl (C=O) groups is 2. The van der Waals surface area contributed by atoms with Gasteiger partial charge in [0.1, 0.15) is 0 Å². The van der Waals surface area contributed by atoms with Crippen LogP contribution in [0.1, 0.15) is 37.3 Å². The number of carboxylic acids is 1. The largest absolute Gasteiger partial charge is 0.481 e. The summed E-state index contributed by atoms with van der Waals surface area (Å²) in [6, 6.07) is 8.03. The Morgan fingerprint density at radius 3 is 2.71 bits per heavy atom. The predicted octanol–water partition coefficient (Wildman–Crippen LogP) is 3.16. The second-order valence-electron chi connectivity index (χ2n) is 5.13. The Balaban J connectivity index is 1.90. The van der Waals surface area contributed by atoms with Gasteiger partial charge in [-0.3, -0.25) is 4.79 Å². The van der Waals surface area contributed by atoms with E-state index in [2.05, 4.69) is 21.2 Å². The number of aliphatic carboxylic acids is 1. The molecular formula is C15H19BrN2O3. The highest BCUT2D eigenvalue weighted by molar-refractivity contribution is 9.10. The molecule has 1 unspecified atom stereocenters. The number of amides is 2. The number of halogens is 1. The third-order valence-electron chi connectivity index (χ3n) is 3.61. The van der Waals surface area contributed by atoms with Gasteiger partial charge in [0.2, 0.25) is 0 Å². The first kappa shape index (κ1) is 15.8. The molecule has 1 fully saturated rings. The lowest BCUT2D eigenvalue weighted by molar-refractivity contribution is -0.137. The molecule has 0 radical (unpaired) electrons. The molecule has 114 valence electrons. The maximum Gasteiger partial charge on any atom is 0.317 e. The molecule has 1 atom stereocenters. The fraction of sp³-hybridized carbons (Fsp3) is 0.467. The molecule has 0 spiro atoms. The SMILES string of the molecule is O=C(O)CCCNC(=O)N1CCCC1c1ccc(Br)cc1. The van der Waals surface area contributed by atoms with E-state index in [1.54, 1.807) is 0 Å². The molecule has 2 amide bonds. The summed E-state index contributed by atoms with van der Waals surface area (Å²) < 4.78 is 1.02. The number of rotatable bonds is 5. The van der Waals surface area contributed by atoms with E-state index in [0.717, 1.165) is 29.4 Å². The number of nitrogens with one attached hydrogen (secondary N) is 1. The van der Waals surface area contributed by atoms with Gasteiger partial charge in [-0.05, 0) is 37.0 Å². The van der Waals surface area contributed by atoms with E-state index in [-0.39, 0.29) is 18.5 Å². The van der Waals surface area contributed by atoms with Gasteiger partial charge in [0.05, 0.1) is 6.04 Å². The van der Waals surface area contributed by atoms with Crippen LogP contribution in [0.3, 0.4) is 0 Å². The highest BCUT2D eigenvalue weighted by Crippen LogP contribution is 2.32. The van der Waals surface area contributed by atoms with Crippen molar-refractivity contribution in [3.8, 4) is 0 Å². The lowest BCUT2D eigenvalue weighted by Crippen LogP contribution is -2.39. The van der Waals surface area contributed by atoms with Crippen LogP contribution >= 0.6 is 15.9 Å². The molecule has 1 saturated heterocycles. The number of hydrogen-bond acceptors (Lipinski definition) is 2. The van der Waals surface area contributed by atoms with Crippen molar-refractivity contribution in [2.45, 2.75) is 31.7 Å². The number of likely N-dealkylation sites (tertiary alicyclic amines) is 1. The van der Waals surface area contributed by atoms with Crippen LogP contribution in [0.4, 0.5) is 4.79 Å². The van der Waals surface area contributed by atoms with Crippen molar-refractivity contribution in [2.24, 2.45) is 0 Å². The van der Waals surface area contributed by atoms with Crippen LogP contribution in [0.5, 0.6) is 0 Å². The van der Waals surface area contributed by atoms with Gasteiger partial charge < -0.3 is 15.3 Å². The summed E-state index contributed by atoms with van der Waals surface area (Å²) in [7, 11) is 0. The van der Waals surface area contributed by atoms with Gasteiger partial charge >= 0.3 is 12.0 Å². The fourth-order valence-electron chi connectivity index (χ4n) is 2.58. The van der Waals surface area contributed by atoms with Crippen LogP contribution in [0.15, 0.2) is 28.7 Å². The predicted molar refractivity (Wildman–Crippen MR) is 83.1 cm³/mol. The van der Waals surface area contributed by atoms with Crippen LogP contribution in [0.25, 0.3) is 0 Å². The Labute approximate surface area is 132 Å². The first-order valence-corrected chi connectivity index (χ1v) is 7.89. The Morgan fingerprint density at radius 2 is 2.05 bits per heavy atom. The summed E-state index contributed by atoms with van der Waals surface area (Å²) in [5, 5.41) is 11.4. The van der Waals surface area contributed by atoms with E-state index in [0.29, 0.717) is 13.0 Å². The van der Waals surface area contributed by atoms with E-state index >= 15 is 0 Å². The Kier molecular flexibility index (Phi) is 5.61. The summed E-state index contributed by atoms with van der Waals surface area (Å²) in [4.78, 5) is 24.5. The Bertz CT molecular complexity index is 504. The van der Waals surface area contributed by atoms with Crippen molar-refractivity contribution in [1.82, 2.24) is 10.2 Å². The number of urea groups is 1. The lowest BCUT2D eigenvalue weighted by atomic mass is 10.1. The molecule has 6 heteroatoms. The molecule has 2 rings (SSSR count). The summed E-state index contributed by atoms with van der Waals surface area (Å²) in [6.07, 6.45) is 2.49. The van der Waals surface area contributed by atoms with Crippen LogP contribution in [-0.2, 0) is 4.79 Å². The molecular weight excluding hydrogens is 336 g/mol. The molecule has 1 aliphatic heterocycles. The molecule has 0 aliphatic carbocycles. The van der Waals surface area contributed by atoms with Gasteiger partial charge in [0.15, 0.2) is 0 Å². The highest BCUT2D eigenvalue weighted by atomic mass is 79.9. The van der Waals surface area contributed by atoms with Crippen molar-refractivity contribution in [1.29, 1.82) is 0 Å². The molecule has 0 saturated carbocycles. The molecule has 5 nitrogen and oxygen atoms in total. The van der Waals surface area contributed by atoms with Crippen molar-refractivity contribution >= 4 is 27.9 Å². The van der Waals surface area contributed by atoms with Crippen LogP contribution < -0.4 is 5.32 Å². The molecule has 0 bridgehead atoms. The van der Waals surface area contributed by atoms with E-state index in [4.69, 9.17) is 5.11 Å². The highest BCUT2D eigenvalue weighted by Gasteiger charge is 2.29. The van der Waals surface area contributed by atoms with E-state index in [1.807, 2.05) is 29.2 Å². The van der Waals surface area contributed by atoms with Gasteiger partial charge in [0.25, 0.3) is 0 Å². The molecule has 0 aromatic heterocycles. The minimum atomic E-state index is -0.835. The van der Waals surface area contributed by atoms with Crippen LogP contribution in [0, 0.1) is 0 Å². The number of hydrogen-bond donors (Lipinski definition) is 2. The van der Waals surface area contributed by atoms with Gasteiger partial charge in [-0.15, -0.1) is 0 Å². The first-order valence-electron chi connectivity index (χ1n) is 7.09. The average Bonchev–Trinajstić information content (AvgIpc) is 2.93. The topological polar surface area (TPSA) is 69.6 Å². The summed E-state index contributed by atoms with van der Waals surface area (Å²) >= 11 is 3.41. The second-order valence-corrected chi connectivity index (χ2v) is 6.05. The maximum atomic E-state index is 12.2. The number of carboxylic acid groups (broad SMARTS) is 1. The van der Waals surface area contributed by atoms with Crippen molar-refractivity contribution < 1.29 is 14.7 Å². The lowest BCUT2D eigenvalue weighted by Gasteiger charge is -2.25. The van der Waals surface area contributed by atoms with Crippen molar-refractivity contribution in [2.75, 3.05) is 13.1 Å². The van der Waals surface area contributed by atoms with E-state index in [1.165, 1.54) is 0 Å². The molecule has 1 aromatic carbocycles. The normalized spacial score (nSPS) is 17.8. The fourth-order valence-corrected chi connectivity index (χ4v) is 2.84. The van der Waals surface area contributed by atoms with Crippen molar-refractivity contribution in [3.05, 3.63) is 34.3 Å². The van der Waals surface area contributed by atoms with Crippen molar-refractivity contribution in [3.63, 3.8) is 0 Å².